The van der Waals surface area contributed by atoms with Crippen molar-refractivity contribution in [3.63, 3.8) is 0 Å². The van der Waals surface area contributed by atoms with Crippen molar-refractivity contribution in [1.82, 2.24) is 0 Å². The molecule has 0 saturated carbocycles. The maximum absolute atomic E-state index is 13.2. The molecule has 0 radical (unpaired) electrons. The Balaban J connectivity index is 2.25. The maximum atomic E-state index is 13.2. The Labute approximate surface area is 118 Å². The van der Waals surface area contributed by atoms with Crippen molar-refractivity contribution >= 4 is 17.0 Å². The van der Waals surface area contributed by atoms with E-state index < -0.39 is 17.6 Å². The molecular weight excluding hydrogens is 290 g/mol. The summed E-state index contributed by atoms with van der Waals surface area (Å²) in [5, 5.41) is 4.92. The first kappa shape index (κ1) is 14.8. The lowest BCUT2D eigenvalue weighted by atomic mass is 10.1. The highest BCUT2D eigenvalue weighted by Gasteiger charge is 2.34. The quantitative estimate of drug-likeness (QED) is 0.739. The molecule has 2 rings (SSSR count). The van der Waals surface area contributed by atoms with Gasteiger partial charge in [0.2, 0.25) is 0 Å². The molecule has 0 spiro atoms. The van der Waals surface area contributed by atoms with Gasteiger partial charge in [0.05, 0.1) is 11.6 Å². The van der Waals surface area contributed by atoms with Gasteiger partial charge in [-0.1, -0.05) is 13.0 Å². The van der Waals surface area contributed by atoms with Crippen molar-refractivity contribution in [1.29, 1.82) is 0 Å². The third-order valence-electron chi connectivity index (χ3n) is 2.91. The van der Waals surface area contributed by atoms with Crippen LogP contribution in [0.1, 0.15) is 29.8 Å². The topological polar surface area (TPSA) is 12.0 Å². The Morgan fingerprint density at radius 2 is 2.00 bits per heavy atom. The second-order valence-electron chi connectivity index (χ2n) is 4.31. The van der Waals surface area contributed by atoms with Crippen molar-refractivity contribution in [3.05, 3.63) is 52.0 Å². The van der Waals surface area contributed by atoms with Gasteiger partial charge in [0, 0.05) is 10.6 Å². The van der Waals surface area contributed by atoms with Crippen molar-refractivity contribution in [3.8, 4) is 0 Å². The predicted octanol–water partition coefficient (Wildman–Crippen LogP) is 5.47. The van der Waals surface area contributed by atoms with E-state index >= 15 is 0 Å². The van der Waals surface area contributed by atoms with E-state index in [1.807, 2.05) is 24.4 Å². The fourth-order valence-corrected chi connectivity index (χ4v) is 2.76. The molecule has 2 aromatic rings. The van der Waals surface area contributed by atoms with Crippen LogP contribution in [0.15, 0.2) is 35.7 Å². The molecule has 1 aromatic heterocycles. The van der Waals surface area contributed by atoms with E-state index in [1.54, 1.807) is 0 Å². The van der Waals surface area contributed by atoms with E-state index in [4.69, 9.17) is 0 Å². The monoisotopic (exact) mass is 303 g/mol. The first-order valence-electron chi connectivity index (χ1n) is 6.08. The van der Waals surface area contributed by atoms with Crippen molar-refractivity contribution < 1.29 is 17.6 Å². The minimum absolute atomic E-state index is 0.0819. The summed E-state index contributed by atoms with van der Waals surface area (Å²) in [4.78, 5) is 1.03. The summed E-state index contributed by atoms with van der Waals surface area (Å²) in [6.45, 7) is 1.94. The maximum Gasteiger partial charge on any atom is 0.419 e. The molecule has 0 aliphatic rings. The number of hydrogen-bond donors (Lipinski definition) is 1. The van der Waals surface area contributed by atoms with Gasteiger partial charge in [-0.05, 0) is 36.1 Å². The van der Waals surface area contributed by atoms with Gasteiger partial charge in [0.25, 0.3) is 0 Å². The average Bonchev–Trinajstić information content (AvgIpc) is 2.90. The zero-order chi connectivity index (χ0) is 14.8. The van der Waals surface area contributed by atoms with Gasteiger partial charge in [-0.3, -0.25) is 0 Å². The molecule has 1 heterocycles. The van der Waals surface area contributed by atoms with Crippen LogP contribution < -0.4 is 5.32 Å². The van der Waals surface area contributed by atoms with Gasteiger partial charge < -0.3 is 5.32 Å². The lowest BCUT2D eigenvalue weighted by Gasteiger charge is -2.18. The minimum Gasteiger partial charge on any atom is -0.377 e. The van der Waals surface area contributed by atoms with Gasteiger partial charge in [0.1, 0.15) is 5.82 Å². The van der Waals surface area contributed by atoms with Gasteiger partial charge in [0.15, 0.2) is 0 Å². The Bertz CT molecular complexity index is 563. The lowest BCUT2D eigenvalue weighted by molar-refractivity contribution is -0.139. The number of anilines is 1. The Morgan fingerprint density at radius 1 is 1.25 bits per heavy atom. The van der Waals surface area contributed by atoms with Gasteiger partial charge in [-0.2, -0.15) is 13.2 Å². The Hall–Kier alpha value is -1.56. The molecule has 108 valence electrons. The first-order chi connectivity index (χ1) is 9.41. The number of halogens is 4. The molecule has 1 nitrogen and oxygen atoms in total. The summed E-state index contributed by atoms with van der Waals surface area (Å²) in [6.07, 6.45) is -3.97. The van der Waals surface area contributed by atoms with E-state index in [2.05, 4.69) is 5.32 Å². The summed E-state index contributed by atoms with van der Waals surface area (Å²) in [7, 11) is 0. The number of alkyl halides is 3. The van der Waals surface area contributed by atoms with Crippen LogP contribution in [0, 0.1) is 5.82 Å². The summed E-state index contributed by atoms with van der Waals surface area (Å²) >= 11 is 1.53. The number of hydrogen-bond acceptors (Lipinski definition) is 2. The number of nitrogens with one attached hydrogen (secondary N) is 1. The lowest BCUT2D eigenvalue weighted by Crippen LogP contribution is -2.12. The molecule has 0 amide bonds. The van der Waals surface area contributed by atoms with E-state index in [0.717, 1.165) is 23.4 Å². The van der Waals surface area contributed by atoms with Crippen LogP contribution in [-0.4, -0.2) is 0 Å². The van der Waals surface area contributed by atoms with Crippen LogP contribution in [0.2, 0.25) is 0 Å². The normalized spacial score (nSPS) is 13.2. The van der Waals surface area contributed by atoms with Crippen LogP contribution in [0.4, 0.5) is 23.2 Å². The number of thiophene rings is 1. The number of benzene rings is 1. The Morgan fingerprint density at radius 3 is 2.55 bits per heavy atom. The van der Waals surface area contributed by atoms with Gasteiger partial charge in [-0.25, -0.2) is 4.39 Å². The highest BCUT2D eigenvalue weighted by atomic mass is 32.1. The summed E-state index contributed by atoms with van der Waals surface area (Å²) in [6, 6.07) is 6.69. The molecular formula is C14H13F4NS. The van der Waals surface area contributed by atoms with Gasteiger partial charge in [-0.15, -0.1) is 11.3 Å². The second kappa shape index (κ2) is 5.83. The van der Waals surface area contributed by atoms with E-state index in [9.17, 15) is 17.6 Å². The van der Waals surface area contributed by atoms with Crippen molar-refractivity contribution in [2.45, 2.75) is 25.6 Å². The van der Waals surface area contributed by atoms with Crippen LogP contribution in [0.25, 0.3) is 0 Å². The molecule has 0 fully saturated rings. The molecule has 0 bridgehead atoms. The highest BCUT2D eigenvalue weighted by Crippen LogP contribution is 2.34. The highest BCUT2D eigenvalue weighted by molar-refractivity contribution is 7.10. The fraction of sp³-hybridized carbons (Fsp3) is 0.286. The van der Waals surface area contributed by atoms with E-state index in [-0.39, 0.29) is 11.7 Å². The fourth-order valence-electron chi connectivity index (χ4n) is 1.90. The SMILES string of the molecule is CCC(Nc1ccc(F)c(C(F)(F)F)c1)c1cccs1. The molecule has 6 heteroatoms. The van der Waals surface area contributed by atoms with Crippen LogP contribution in [0.3, 0.4) is 0 Å². The van der Waals surface area contributed by atoms with Crippen molar-refractivity contribution in [2.75, 3.05) is 5.32 Å². The molecule has 0 saturated heterocycles. The smallest absolute Gasteiger partial charge is 0.377 e. The summed E-state index contributed by atoms with van der Waals surface area (Å²) < 4.78 is 51.2. The largest absolute Gasteiger partial charge is 0.419 e. The molecule has 1 atom stereocenters. The zero-order valence-electron chi connectivity index (χ0n) is 10.7. The minimum atomic E-state index is -4.69. The predicted molar refractivity (Wildman–Crippen MR) is 72.4 cm³/mol. The third kappa shape index (κ3) is 3.30. The van der Waals surface area contributed by atoms with Gasteiger partial charge >= 0.3 is 6.18 Å². The zero-order valence-corrected chi connectivity index (χ0v) is 11.5. The van der Waals surface area contributed by atoms with Crippen LogP contribution in [-0.2, 0) is 6.18 Å². The van der Waals surface area contributed by atoms with E-state index in [1.165, 1.54) is 17.4 Å². The van der Waals surface area contributed by atoms with E-state index in [0.29, 0.717) is 0 Å². The Kier molecular flexibility index (Phi) is 4.32. The van der Waals surface area contributed by atoms with Crippen LogP contribution >= 0.6 is 11.3 Å². The summed E-state index contributed by atoms with van der Waals surface area (Å²) in [5.41, 5.74) is -0.984. The number of rotatable bonds is 4. The standard InChI is InChI=1S/C14H13F4NS/c1-2-12(13-4-3-7-20-13)19-9-5-6-11(15)10(8-9)14(16,17)18/h3-8,12,19H,2H2,1H3. The molecule has 20 heavy (non-hydrogen) atoms. The first-order valence-corrected chi connectivity index (χ1v) is 6.96. The molecule has 0 aliphatic carbocycles. The average molecular weight is 303 g/mol. The molecule has 1 aromatic carbocycles. The van der Waals surface area contributed by atoms with Crippen molar-refractivity contribution in [2.24, 2.45) is 0 Å². The molecule has 1 unspecified atom stereocenters. The second-order valence-corrected chi connectivity index (χ2v) is 5.29. The molecule has 0 aliphatic heterocycles. The third-order valence-corrected chi connectivity index (χ3v) is 3.89. The molecule has 1 N–H and O–H groups in total. The van der Waals surface area contributed by atoms with Crippen LogP contribution in [0.5, 0.6) is 0 Å². The summed E-state index contributed by atoms with van der Waals surface area (Å²) in [5.74, 6) is -1.26.